The van der Waals surface area contributed by atoms with Gasteiger partial charge in [0.2, 0.25) is 5.91 Å². The van der Waals surface area contributed by atoms with E-state index in [4.69, 9.17) is 4.74 Å². The van der Waals surface area contributed by atoms with Crippen LogP contribution in [0.15, 0.2) is 11.2 Å². The minimum absolute atomic E-state index is 0.158. The van der Waals surface area contributed by atoms with Crippen LogP contribution in [0.1, 0.15) is 60.1 Å². The van der Waals surface area contributed by atoms with Gasteiger partial charge in [0.25, 0.3) is 0 Å². The van der Waals surface area contributed by atoms with E-state index >= 15 is 0 Å². The second kappa shape index (κ2) is 10.9. The molecule has 4 rings (SSSR count). The molecule has 1 amide bonds. The van der Waals surface area contributed by atoms with Crippen molar-refractivity contribution in [2.24, 2.45) is 13.0 Å². The van der Waals surface area contributed by atoms with Gasteiger partial charge in [-0.3, -0.25) is 9.48 Å². The summed E-state index contributed by atoms with van der Waals surface area (Å²) in [5.74, 6) is 0.956. The molecule has 3 aromatic heterocycles. The average molecular weight is 517 g/mol. The molecule has 35 heavy (non-hydrogen) atoms. The summed E-state index contributed by atoms with van der Waals surface area (Å²) in [7, 11) is 1.88. The number of fused-ring (bicyclic) bond motifs is 1. The van der Waals surface area contributed by atoms with E-state index in [0.717, 1.165) is 48.5 Å². The molecule has 188 valence electrons. The Morgan fingerprint density at radius 1 is 1.29 bits per heavy atom. The number of thioether (sulfide) groups is 1. The highest BCUT2D eigenvalue weighted by atomic mass is 32.2. The Bertz CT molecular complexity index is 1230. The molecule has 0 aliphatic heterocycles. The Balaban J connectivity index is 1.50. The number of esters is 1. The van der Waals surface area contributed by atoms with Gasteiger partial charge in [-0.2, -0.15) is 5.10 Å². The van der Waals surface area contributed by atoms with Crippen molar-refractivity contribution in [3.05, 3.63) is 27.8 Å². The Morgan fingerprint density at radius 2 is 2.09 bits per heavy atom. The van der Waals surface area contributed by atoms with Crippen molar-refractivity contribution in [3.63, 3.8) is 0 Å². The fourth-order valence-corrected chi connectivity index (χ4v) is 6.66. The van der Waals surface area contributed by atoms with Gasteiger partial charge in [-0.25, -0.2) is 4.79 Å². The molecule has 0 bridgehead atoms. The molecule has 1 N–H and O–H groups in total. The van der Waals surface area contributed by atoms with Crippen molar-refractivity contribution >= 4 is 40.0 Å². The van der Waals surface area contributed by atoms with Crippen LogP contribution in [0.3, 0.4) is 0 Å². The predicted molar refractivity (Wildman–Crippen MR) is 138 cm³/mol. The molecule has 0 spiro atoms. The maximum atomic E-state index is 12.9. The topological polar surface area (TPSA) is 104 Å². The highest BCUT2D eigenvalue weighted by molar-refractivity contribution is 7.99. The number of amides is 1. The third-order valence-electron chi connectivity index (χ3n) is 6.27. The normalized spacial score (nSPS) is 15.2. The molecule has 1 atom stereocenters. The van der Waals surface area contributed by atoms with Gasteiger partial charge in [0.15, 0.2) is 11.0 Å². The van der Waals surface area contributed by atoms with Crippen molar-refractivity contribution < 1.29 is 14.3 Å². The number of anilines is 1. The number of rotatable bonds is 9. The Hall–Kier alpha value is -2.66. The van der Waals surface area contributed by atoms with Crippen molar-refractivity contribution in [1.29, 1.82) is 0 Å². The van der Waals surface area contributed by atoms with Crippen LogP contribution in [0, 0.1) is 12.8 Å². The molecular weight excluding hydrogens is 484 g/mol. The number of thiophene rings is 1. The van der Waals surface area contributed by atoms with Crippen LogP contribution in [-0.4, -0.2) is 48.8 Å². The molecule has 3 heterocycles. The average Bonchev–Trinajstić information content (AvgIpc) is 3.50. The van der Waals surface area contributed by atoms with Gasteiger partial charge < -0.3 is 14.6 Å². The lowest BCUT2D eigenvalue weighted by atomic mass is 9.85. The summed E-state index contributed by atoms with van der Waals surface area (Å²) in [6, 6.07) is 1.97. The Kier molecular flexibility index (Phi) is 7.95. The van der Waals surface area contributed by atoms with Crippen LogP contribution < -0.4 is 5.32 Å². The molecule has 1 aliphatic rings. The zero-order valence-corrected chi connectivity index (χ0v) is 22.5. The SMILES string of the molecule is CCOC(=O)c1c(NC(=O)CSc2nnc(-c3cc(C)nn3C)n2CC)sc2c1CC[C@@H](CC)C2. The van der Waals surface area contributed by atoms with E-state index in [9.17, 15) is 9.59 Å². The van der Waals surface area contributed by atoms with Crippen LogP contribution in [-0.2, 0) is 36.0 Å². The van der Waals surface area contributed by atoms with E-state index < -0.39 is 0 Å². The number of hydrogen-bond donors (Lipinski definition) is 1. The van der Waals surface area contributed by atoms with Gasteiger partial charge >= 0.3 is 5.97 Å². The molecule has 0 saturated carbocycles. The van der Waals surface area contributed by atoms with Gasteiger partial charge in [0.05, 0.1) is 23.6 Å². The Morgan fingerprint density at radius 3 is 2.74 bits per heavy atom. The molecule has 0 saturated heterocycles. The zero-order valence-electron chi connectivity index (χ0n) is 20.9. The summed E-state index contributed by atoms with van der Waals surface area (Å²) in [5.41, 5.74) is 3.36. The maximum Gasteiger partial charge on any atom is 0.341 e. The molecular formula is C24H32N6O3S2. The molecule has 1 aliphatic carbocycles. The minimum atomic E-state index is -0.357. The van der Waals surface area contributed by atoms with Gasteiger partial charge in [-0.15, -0.1) is 21.5 Å². The number of carbonyl (C=O) groups is 2. The first-order valence-corrected chi connectivity index (χ1v) is 13.8. The largest absolute Gasteiger partial charge is 0.462 e. The fourth-order valence-electron chi connectivity index (χ4n) is 4.49. The molecule has 0 fully saturated rings. The molecule has 0 unspecified atom stereocenters. The smallest absolute Gasteiger partial charge is 0.341 e. The maximum absolute atomic E-state index is 12.9. The quantitative estimate of drug-likeness (QED) is 0.330. The first kappa shape index (κ1) is 25.4. The number of aromatic nitrogens is 5. The van der Waals surface area contributed by atoms with Gasteiger partial charge in [-0.05, 0) is 57.6 Å². The van der Waals surface area contributed by atoms with Gasteiger partial charge in [0.1, 0.15) is 10.7 Å². The second-order valence-corrected chi connectivity index (χ2v) is 10.7. The standard InChI is InChI=1S/C24H32N6O3S2/c1-6-15-9-10-16-18(12-15)35-22(20(16)23(32)33-8-3)25-19(31)13-34-24-27-26-21(30(24)7-2)17-11-14(4)28-29(17)5/h11,15H,6-10,12-13H2,1-5H3,(H,25,31)/t15-/m1/s1. The van der Waals surface area contributed by atoms with Crippen LogP contribution >= 0.6 is 23.1 Å². The summed E-state index contributed by atoms with van der Waals surface area (Å²) in [6.45, 7) is 8.92. The van der Waals surface area contributed by atoms with Crippen molar-refractivity contribution in [3.8, 4) is 11.5 Å². The van der Waals surface area contributed by atoms with Gasteiger partial charge in [0, 0.05) is 18.5 Å². The monoisotopic (exact) mass is 516 g/mol. The van der Waals surface area contributed by atoms with Crippen LogP contribution in [0.5, 0.6) is 0 Å². The third-order valence-corrected chi connectivity index (χ3v) is 8.41. The highest BCUT2D eigenvalue weighted by Crippen LogP contribution is 2.41. The number of nitrogens with zero attached hydrogens (tertiary/aromatic N) is 5. The minimum Gasteiger partial charge on any atom is -0.462 e. The number of nitrogens with one attached hydrogen (secondary N) is 1. The van der Waals surface area contributed by atoms with Crippen LogP contribution in [0.25, 0.3) is 11.5 Å². The van der Waals surface area contributed by atoms with Crippen LogP contribution in [0.2, 0.25) is 0 Å². The van der Waals surface area contributed by atoms with E-state index in [1.165, 1.54) is 28.0 Å². The number of hydrogen-bond acceptors (Lipinski definition) is 8. The third kappa shape index (κ3) is 5.30. The lowest BCUT2D eigenvalue weighted by molar-refractivity contribution is -0.113. The predicted octanol–water partition coefficient (Wildman–Crippen LogP) is 4.49. The summed E-state index contributed by atoms with van der Waals surface area (Å²) >= 11 is 2.84. The lowest BCUT2D eigenvalue weighted by Crippen LogP contribution is -2.18. The molecule has 0 radical (unpaired) electrons. The van der Waals surface area contributed by atoms with E-state index in [0.29, 0.717) is 34.8 Å². The van der Waals surface area contributed by atoms with E-state index in [1.807, 2.05) is 31.5 Å². The zero-order chi connectivity index (χ0) is 25.1. The molecule has 9 nitrogen and oxygen atoms in total. The first-order valence-electron chi connectivity index (χ1n) is 12.0. The summed E-state index contributed by atoms with van der Waals surface area (Å²) in [6.07, 6.45) is 3.96. The van der Waals surface area contributed by atoms with Crippen molar-refractivity contribution in [1.82, 2.24) is 24.5 Å². The highest BCUT2D eigenvalue weighted by Gasteiger charge is 2.30. The van der Waals surface area contributed by atoms with Crippen LogP contribution in [0.4, 0.5) is 5.00 Å². The molecule has 11 heteroatoms. The second-order valence-electron chi connectivity index (χ2n) is 8.63. The van der Waals surface area contributed by atoms with E-state index in [1.54, 1.807) is 11.6 Å². The number of aryl methyl sites for hydroxylation is 2. The van der Waals surface area contributed by atoms with Crippen molar-refractivity contribution in [2.45, 2.75) is 65.1 Å². The van der Waals surface area contributed by atoms with Crippen molar-refractivity contribution in [2.75, 3.05) is 17.7 Å². The van der Waals surface area contributed by atoms with E-state index in [-0.39, 0.29) is 17.6 Å². The Labute approximate surface area is 213 Å². The summed E-state index contributed by atoms with van der Waals surface area (Å²) in [4.78, 5) is 26.9. The summed E-state index contributed by atoms with van der Waals surface area (Å²) < 4.78 is 9.09. The fraction of sp³-hybridized carbons (Fsp3) is 0.542. The molecule has 3 aromatic rings. The van der Waals surface area contributed by atoms with E-state index in [2.05, 4.69) is 27.5 Å². The van der Waals surface area contributed by atoms with Gasteiger partial charge in [-0.1, -0.05) is 25.1 Å². The number of carbonyl (C=O) groups excluding carboxylic acids is 2. The molecule has 0 aromatic carbocycles. The lowest BCUT2D eigenvalue weighted by Gasteiger charge is -2.20. The summed E-state index contributed by atoms with van der Waals surface area (Å²) in [5, 5.41) is 17.3. The number of ether oxygens (including phenoxy) is 1. The first-order chi connectivity index (χ1) is 16.9.